The Morgan fingerprint density at radius 3 is 2.61 bits per heavy atom. The van der Waals surface area contributed by atoms with E-state index in [0.717, 1.165) is 19.5 Å². The molecule has 0 bridgehead atoms. The van der Waals surface area contributed by atoms with Crippen molar-refractivity contribution in [1.29, 1.82) is 0 Å². The lowest BCUT2D eigenvalue weighted by Crippen LogP contribution is -2.57. The maximum absolute atomic E-state index is 12.1. The van der Waals surface area contributed by atoms with Crippen LogP contribution in [0.3, 0.4) is 0 Å². The molecular formula is C10H21N5O3. The van der Waals surface area contributed by atoms with E-state index in [4.69, 9.17) is 15.9 Å². The van der Waals surface area contributed by atoms with E-state index in [0.29, 0.717) is 6.54 Å². The van der Waals surface area contributed by atoms with Crippen molar-refractivity contribution in [3.8, 4) is 0 Å². The van der Waals surface area contributed by atoms with Crippen molar-refractivity contribution in [2.24, 2.45) is 5.73 Å². The Labute approximate surface area is 106 Å². The van der Waals surface area contributed by atoms with Crippen LogP contribution in [0.25, 0.3) is 0 Å². The molecule has 2 heterocycles. The summed E-state index contributed by atoms with van der Waals surface area (Å²) in [6.45, 7) is 2.02. The van der Waals surface area contributed by atoms with Crippen molar-refractivity contribution in [3.05, 3.63) is 0 Å². The number of hydrogen-bond donors (Lipinski definition) is 4. The number of carbonyl (C=O) groups is 1. The summed E-state index contributed by atoms with van der Waals surface area (Å²) in [5.74, 6) is -0.212. The third-order valence-electron chi connectivity index (χ3n) is 3.33. The lowest BCUT2D eigenvalue weighted by atomic mass is 10.2. The van der Waals surface area contributed by atoms with Crippen molar-refractivity contribution >= 4 is 5.91 Å². The average molecular weight is 259 g/mol. The van der Waals surface area contributed by atoms with Crippen LogP contribution in [-0.4, -0.2) is 82.7 Å². The van der Waals surface area contributed by atoms with E-state index < -0.39 is 6.04 Å². The van der Waals surface area contributed by atoms with Crippen LogP contribution in [0.5, 0.6) is 0 Å². The number of nitrogens with one attached hydrogen (secondary N) is 1. The molecule has 2 saturated heterocycles. The number of nitrogens with two attached hydrogens (primary N) is 1. The first-order chi connectivity index (χ1) is 8.70. The molecule has 8 nitrogen and oxygen atoms in total. The van der Waals surface area contributed by atoms with Crippen LogP contribution < -0.4 is 11.2 Å². The standard InChI is InChI=1S/C10H21N5O3/c11-8-9(13-3-1-2-12-13)14(4-6-16)15(5-7-17)10(8)18/h8-9,12,16-17H,1-7,11H2. The summed E-state index contributed by atoms with van der Waals surface area (Å²) in [6, 6.07) is -0.659. The van der Waals surface area contributed by atoms with Crippen molar-refractivity contribution in [3.63, 3.8) is 0 Å². The number of hydrogen-bond acceptors (Lipinski definition) is 7. The molecule has 5 N–H and O–H groups in total. The van der Waals surface area contributed by atoms with Gasteiger partial charge in [-0.25, -0.2) is 5.01 Å². The Hall–Kier alpha value is -0.770. The largest absolute Gasteiger partial charge is 0.395 e. The van der Waals surface area contributed by atoms with E-state index in [1.165, 1.54) is 5.01 Å². The van der Waals surface area contributed by atoms with Crippen LogP contribution in [0, 0.1) is 0 Å². The quantitative estimate of drug-likeness (QED) is 0.414. The summed E-state index contributed by atoms with van der Waals surface area (Å²) >= 11 is 0. The molecule has 2 atom stereocenters. The van der Waals surface area contributed by atoms with Gasteiger partial charge >= 0.3 is 0 Å². The predicted molar refractivity (Wildman–Crippen MR) is 63.7 cm³/mol. The molecule has 0 aromatic rings. The van der Waals surface area contributed by atoms with Gasteiger partial charge in [0, 0.05) is 19.6 Å². The number of carbonyl (C=O) groups excluding carboxylic acids is 1. The normalized spacial score (nSPS) is 30.6. The van der Waals surface area contributed by atoms with Gasteiger partial charge in [-0.15, -0.1) is 0 Å². The predicted octanol–water partition coefficient (Wildman–Crippen LogP) is -3.11. The number of hydrazine groups is 2. The highest BCUT2D eigenvalue weighted by Gasteiger charge is 2.47. The van der Waals surface area contributed by atoms with Gasteiger partial charge in [-0.05, 0) is 6.42 Å². The van der Waals surface area contributed by atoms with Gasteiger partial charge < -0.3 is 15.9 Å². The molecule has 0 aromatic carbocycles. The minimum Gasteiger partial charge on any atom is -0.395 e. The number of rotatable bonds is 5. The molecule has 2 aliphatic rings. The zero-order valence-corrected chi connectivity index (χ0v) is 10.3. The fraction of sp³-hybridized carbons (Fsp3) is 0.900. The Kier molecular flexibility index (Phi) is 4.49. The minimum absolute atomic E-state index is 0.0632. The molecular weight excluding hydrogens is 238 g/mol. The number of β-amino-alcohol motifs (C(OH)–C–C–N with tert-alkyl or cyclic N) is 2. The van der Waals surface area contributed by atoms with Gasteiger partial charge in [0.1, 0.15) is 12.2 Å². The third kappa shape index (κ3) is 2.35. The topological polar surface area (TPSA) is 105 Å². The molecule has 0 radical (unpaired) electrons. The van der Waals surface area contributed by atoms with Crippen molar-refractivity contribution in [2.45, 2.75) is 18.6 Å². The van der Waals surface area contributed by atoms with Gasteiger partial charge in [0.05, 0.1) is 19.8 Å². The van der Waals surface area contributed by atoms with Crippen molar-refractivity contribution < 1.29 is 15.0 Å². The monoisotopic (exact) mass is 259 g/mol. The maximum Gasteiger partial charge on any atom is 0.257 e. The first-order valence-corrected chi connectivity index (χ1v) is 6.26. The second-order valence-electron chi connectivity index (χ2n) is 4.47. The molecule has 0 saturated carbocycles. The Bertz CT molecular complexity index is 297. The summed E-state index contributed by atoms with van der Waals surface area (Å²) in [4.78, 5) is 12.1. The van der Waals surface area contributed by atoms with Gasteiger partial charge in [-0.1, -0.05) is 0 Å². The summed E-state index contributed by atoms with van der Waals surface area (Å²) < 4.78 is 0. The van der Waals surface area contributed by atoms with Gasteiger partial charge in [-0.2, -0.15) is 5.01 Å². The molecule has 2 unspecified atom stereocenters. The zero-order chi connectivity index (χ0) is 13.1. The molecule has 0 aromatic heterocycles. The summed E-state index contributed by atoms with van der Waals surface area (Å²) in [5.41, 5.74) is 9.16. The SMILES string of the molecule is NC1C(=O)N(CCO)N(CCO)C1N1CCCN1. The molecule has 2 fully saturated rings. The first-order valence-electron chi connectivity index (χ1n) is 6.26. The van der Waals surface area contributed by atoms with Gasteiger partial charge in [0.2, 0.25) is 0 Å². The lowest BCUT2D eigenvalue weighted by molar-refractivity contribution is -0.143. The van der Waals surface area contributed by atoms with Crippen molar-refractivity contribution in [2.75, 3.05) is 39.4 Å². The van der Waals surface area contributed by atoms with E-state index in [1.54, 1.807) is 5.01 Å². The number of nitrogens with zero attached hydrogens (tertiary/aromatic N) is 3. The van der Waals surface area contributed by atoms with Gasteiger partial charge in [-0.3, -0.25) is 15.2 Å². The van der Waals surface area contributed by atoms with Crippen LogP contribution in [0.4, 0.5) is 0 Å². The second-order valence-corrected chi connectivity index (χ2v) is 4.47. The highest BCUT2D eigenvalue weighted by molar-refractivity contribution is 5.84. The Morgan fingerprint density at radius 1 is 1.33 bits per heavy atom. The molecule has 104 valence electrons. The Balaban J connectivity index is 2.16. The number of aliphatic hydroxyl groups excluding tert-OH is 2. The lowest BCUT2D eigenvalue weighted by Gasteiger charge is -2.35. The molecule has 0 spiro atoms. The zero-order valence-electron chi connectivity index (χ0n) is 10.3. The average Bonchev–Trinajstić information content (AvgIpc) is 2.94. The van der Waals surface area contributed by atoms with E-state index in [1.807, 2.05) is 5.01 Å². The fourth-order valence-electron chi connectivity index (χ4n) is 2.57. The van der Waals surface area contributed by atoms with E-state index in [9.17, 15) is 4.79 Å². The highest BCUT2D eigenvalue weighted by Crippen LogP contribution is 2.22. The summed E-state index contributed by atoms with van der Waals surface area (Å²) in [7, 11) is 0. The summed E-state index contributed by atoms with van der Waals surface area (Å²) in [6.07, 6.45) is 0.711. The van der Waals surface area contributed by atoms with Crippen LogP contribution >= 0.6 is 0 Å². The fourth-order valence-corrected chi connectivity index (χ4v) is 2.57. The van der Waals surface area contributed by atoms with Crippen LogP contribution in [0.2, 0.25) is 0 Å². The van der Waals surface area contributed by atoms with Crippen LogP contribution in [0.1, 0.15) is 6.42 Å². The maximum atomic E-state index is 12.1. The number of aliphatic hydroxyl groups is 2. The highest BCUT2D eigenvalue weighted by atomic mass is 16.3. The first kappa shape index (κ1) is 13.7. The minimum atomic E-state index is -0.659. The molecule has 2 rings (SSSR count). The van der Waals surface area contributed by atoms with E-state index in [-0.39, 0.29) is 31.8 Å². The van der Waals surface area contributed by atoms with E-state index in [2.05, 4.69) is 5.43 Å². The van der Waals surface area contributed by atoms with E-state index >= 15 is 0 Å². The second kappa shape index (κ2) is 5.91. The molecule has 8 heteroatoms. The third-order valence-corrected chi connectivity index (χ3v) is 3.33. The smallest absolute Gasteiger partial charge is 0.257 e. The van der Waals surface area contributed by atoms with Crippen LogP contribution in [0.15, 0.2) is 0 Å². The van der Waals surface area contributed by atoms with Gasteiger partial charge in [0.15, 0.2) is 0 Å². The number of amides is 1. The Morgan fingerprint density at radius 2 is 2.06 bits per heavy atom. The van der Waals surface area contributed by atoms with Gasteiger partial charge in [0.25, 0.3) is 5.91 Å². The molecule has 1 amide bonds. The van der Waals surface area contributed by atoms with Crippen LogP contribution in [-0.2, 0) is 4.79 Å². The van der Waals surface area contributed by atoms with Crippen molar-refractivity contribution in [1.82, 2.24) is 20.5 Å². The molecule has 18 heavy (non-hydrogen) atoms. The molecule has 0 aliphatic carbocycles. The summed E-state index contributed by atoms with van der Waals surface area (Å²) in [5, 5.41) is 23.3. The molecule has 2 aliphatic heterocycles.